The van der Waals surface area contributed by atoms with Crippen LogP contribution in [0.3, 0.4) is 0 Å². The zero-order chi connectivity index (χ0) is 10.0. The van der Waals surface area contributed by atoms with E-state index in [0.29, 0.717) is 12.1 Å². The standard InChI is InChI=1S/C9H14N2O3/c1-13-8(12)7-6-9(14-11-7)2-4-10-5-3-9/h10H,2-6H2,1H3. The number of methoxy groups -OCH3 is 1. The summed E-state index contributed by atoms with van der Waals surface area (Å²) in [6.07, 6.45) is 2.38. The zero-order valence-electron chi connectivity index (χ0n) is 8.21. The molecule has 0 aromatic carbocycles. The molecule has 0 amide bonds. The first-order chi connectivity index (χ1) is 6.76. The summed E-state index contributed by atoms with van der Waals surface area (Å²) in [5, 5.41) is 7.04. The lowest BCUT2D eigenvalue weighted by atomic mass is 9.88. The Hall–Kier alpha value is -1.10. The fourth-order valence-electron chi connectivity index (χ4n) is 1.90. The summed E-state index contributed by atoms with van der Waals surface area (Å²) >= 11 is 0. The monoisotopic (exact) mass is 198 g/mol. The van der Waals surface area contributed by atoms with Gasteiger partial charge in [0.2, 0.25) is 0 Å². The summed E-state index contributed by atoms with van der Waals surface area (Å²) in [7, 11) is 1.36. The fourth-order valence-corrected chi connectivity index (χ4v) is 1.90. The van der Waals surface area contributed by atoms with Crippen molar-refractivity contribution in [3.8, 4) is 0 Å². The van der Waals surface area contributed by atoms with Crippen molar-refractivity contribution in [1.29, 1.82) is 0 Å². The van der Waals surface area contributed by atoms with Crippen LogP contribution in [0.2, 0.25) is 0 Å². The predicted molar refractivity (Wildman–Crippen MR) is 50.0 cm³/mol. The highest BCUT2D eigenvalue weighted by Gasteiger charge is 2.42. The van der Waals surface area contributed by atoms with Gasteiger partial charge >= 0.3 is 5.97 Å². The molecule has 2 heterocycles. The summed E-state index contributed by atoms with van der Waals surface area (Å²) in [5.41, 5.74) is 0.170. The maximum absolute atomic E-state index is 11.2. The smallest absolute Gasteiger partial charge is 0.355 e. The molecule has 1 N–H and O–H groups in total. The van der Waals surface area contributed by atoms with Crippen LogP contribution < -0.4 is 5.32 Å². The van der Waals surface area contributed by atoms with Crippen LogP contribution in [0, 0.1) is 0 Å². The van der Waals surface area contributed by atoms with Gasteiger partial charge in [0.1, 0.15) is 5.60 Å². The van der Waals surface area contributed by atoms with Crippen LogP contribution in [0.25, 0.3) is 0 Å². The second kappa shape index (κ2) is 3.57. The van der Waals surface area contributed by atoms with Gasteiger partial charge in [-0.2, -0.15) is 0 Å². The number of nitrogens with one attached hydrogen (secondary N) is 1. The number of hydrogen-bond acceptors (Lipinski definition) is 5. The molecule has 0 saturated carbocycles. The molecule has 0 radical (unpaired) electrons. The van der Waals surface area contributed by atoms with Gasteiger partial charge in [0.25, 0.3) is 0 Å². The van der Waals surface area contributed by atoms with Crippen molar-refractivity contribution < 1.29 is 14.4 Å². The highest BCUT2D eigenvalue weighted by Crippen LogP contribution is 2.32. The third kappa shape index (κ3) is 1.59. The van der Waals surface area contributed by atoms with Gasteiger partial charge in [0.15, 0.2) is 5.71 Å². The van der Waals surface area contributed by atoms with Crippen LogP contribution in [0.15, 0.2) is 5.16 Å². The van der Waals surface area contributed by atoms with Crippen molar-refractivity contribution in [3.05, 3.63) is 0 Å². The second-order valence-corrected chi connectivity index (χ2v) is 3.73. The highest BCUT2D eigenvalue weighted by molar-refractivity contribution is 6.36. The Labute approximate surface area is 82.4 Å². The van der Waals surface area contributed by atoms with Crippen LogP contribution in [-0.2, 0) is 14.4 Å². The molecule has 1 spiro atoms. The summed E-state index contributed by atoms with van der Waals surface area (Å²) in [6, 6.07) is 0. The molecule has 2 aliphatic rings. The van der Waals surface area contributed by atoms with Crippen molar-refractivity contribution in [2.75, 3.05) is 20.2 Å². The zero-order valence-corrected chi connectivity index (χ0v) is 8.21. The van der Waals surface area contributed by atoms with Crippen LogP contribution in [0.4, 0.5) is 0 Å². The van der Waals surface area contributed by atoms with E-state index in [-0.39, 0.29) is 11.6 Å². The van der Waals surface area contributed by atoms with E-state index < -0.39 is 0 Å². The van der Waals surface area contributed by atoms with Gasteiger partial charge in [-0.25, -0.2) is 4.79 Å². The molecular weight excluding hydrogens is 184 g/mol. The van der Waals surface area contributed by atoms with Crippen molar-refractivity contribution >= 4 is 11.7 Å². The van der Waals surface area contributed by atoms with Gasteiger partial charge in [-0.3, -0.25) is 0 Å². The molecule has 78 valence electrons. The molecule has 14 heavy (non-hydrogen) atoms. The van der Waals surface area contributed by atoms with Gasteiger partial charge in [-0.05, 0) is 13.1 Å². The highest BCUT2D eigenvalue weighted by atomic mass is 16.7. The fraction of sp³-hybridized carbons (Fsp3) is 0.778. The normalized spacial score (nSPS) is 24.2. The molecule has 0 aromatic heterocycles. The minimum Gasteiger partial charge on any atom is -0.464 e. The average Bonchev–Trinajstić information content (AvgIpc) is 2.62. The third-order valence-electron chi connectivity index (χ3n) is 2.77. The summed E-state index contributed by atoms with van der Waals surface area (Å²) in [5.74, 6) is -0.375. The number of esters is 1. The maximum Gasteiger partial charge on any atom is 0.355 e. The number of nitrogens with zero attached hydrogens (tertiary/aromatic N) is 1. The van der Waals surface area contributed by atoms with Gasteiger partial charge < -0.3 is 14.9 Å². The lowest BCUT2D eigenvalue weighted by molar-refractivity contribution is -0.132. The molecule has 1 saturated heterocycles. The molecule has 0 aliphatic carbocycles. The van der Waals surface area contributed by atoms with E-state index in [1.165, 1.54) is 7.11 Å². The van der Waals surface area contributed by atoms with E-state index in [4.69, 9.17) is 4.84 Å². The van der Waals surface area contributed by atoms with E-state index >= 15 is 0 Å². The van der Waals surface area contributed by atoms with Gasteiger partial charge in [0, 0.05) is 19.3 Å². The predicted octanol–water partition coefficient (Wildman–Crippen LogP) is 0.0579. The Balaban J connectivity index is 1.99. The maximum atomic E-state index is 11.2. The molecule has 0 aromatic rings. The van der Waals surface area contributed by atoms with E-state index in [1.807, 2.05) is 0 Å². The summed E-state index contributed by atoms with van der Waals surface area (Å²) in [6.45, 7) is 1.84. The largest absolute Gasteiger partial charge is 0.464 e. The number of carbonyl (C=O) groups excluding carboxylic acids is 1. The summed E-state index contributed by atoms with van der Waals surface area (Å²) in [4.78, 5) is 16.6. The first kappa shape index (κ1) is 9.45. The van der Waals surface area contributed by atoms with E-state index in [1.54, 1.807) is 0 Å². The topological polar surface area (TPSA) is 59.9 Å². The lowest BCUT2D eigenvalue weighted by Crippen LogP contribution is -2.42. The Morgan fingerprint density at radius 3 is 2.93 bits per heavy atom. The molecule has 1 fully saturated rings. The van der Waals surface area contributed by atoms with Crippen LogP contribution >= 0.6 is 0 Å². The minimum atomic E-state index is -0.375. The van der Waals surface area contributed by atoms with Crippen molar-refractivity contribution in [2.45, 2.75) is 24.9 Å². The first-order valence-electron chi connectivity index (χ1n) is 4.80. The van der Waals surface area contributed by atoms with Crippen molar-refractivity contribution in [3.63, 3.8) is 0 Å². The number of ether oxygens (including phenoxy) is 1. The quantitative estimate of drug-likeness (QED) is 0.605. The molecule has 5 heteroatoms. The molecular formula is C9H14N2O3. The second-order valence-electron chi connectivity index (χ2n) is 3.73. The van der Waals surface area contributed by atoms with Crippen LogP contribution in [0.1, 0.15) is 19.3 Å². The van der Waals surface area contributed by atoms with E-state index in [0.717, 1.165) is 25.9 Å². The van der Waals surface area contributed by atoms with E-state index in [2.05, 4.69) is 15.2 Å². The minimum absolute atomic E-state index is 0.241. The molecule has 2 rings (SSSR count). The Kier molecular flexibility index (Phi) is 2.41. The number of oxime groups is 1. The van der Waals surface area contributed by atoms with Crippen LogP contribution in [0.5, 0.6) is 0 Å². The van der Waals surface area contributed by atoms with Crippen molar-refractivity contribution in [1.82, 2.24) is 5.32 Å². The SMILES string of the molecule is COC(=O)C1=NOC2(CCNCC2)C1. The van der Waals surface area contributed by atoms with Gasteiger partial charge in [-0.15, -0.1) is 0 Å². The Morgan fingerprint density at radius 2 is 2.29 bits per heavy atom. The van der Waals surface area contributed by atoms with Crippen LogP contribution in [-0.4, -0.2) is 37.5 Å². The third-order valence-corrected chi connectivity index (χ3v) is 2.77. The van der Waals surface area contributed by atoms with Crippen molar-refractivity contribution in [2.24, 2.45) is 5.16 Å². The number of hydrogen-bond donors (Lipinski definition) is 1. The van der Waals surface area contributed by atoms with E-state index in [9.17, 15) is 4.79 Å². The molecule has 0 bridgehead atoms. The lowest BCUT2D eigenvalue weighted by Gasteiger charge is -2.30. The Morgan fingerprint density at radius 1 is 1.57 bits per heavy atom. The number of carbonyl (C=O) groups is 1. The molecule has 0 atom stereocenters. The number of piperidine rings is 1. The Bertz CT molecular complexity index is 269. The molecule has 2 aliphatic heterocycles. The first-order valence-corrected chi connectivity index (χ1v) is 4.80. The summed E-state index contributed by atoms with van der Waals surface area (Å²) < 4.78 is 4.60. The molecule has 5 nitrogen and oxygen atoms in total. The molecule has 0 unspecified atom stereocenters. The average molecular weight is 198 g/mol. The van der Waals surface area contributed by atoms with Gasteiger partial charge in [0.05, 0.1) is 7.11 Å². The van der Waals surface area contributed by atoms with Gasteiger partial charge in [-0.1, -0.05) is 5.16 Å². The number of rotatable bonds is 1.